The standard InChI is InChI=1S/C12H15ClO3/c1-12(2)15-10(7-14)11(16-12)8-5-3-4-6-9(8)13/h3-6,10-11,14H,7H2,1-2H3/t10-,11-/m1/s1. The Morgan fingerprint density at radius 3 is 2.62 bits per heavy atom. The van der Waals surface area contributed by atoms with E-state index in [-0.39, 0.29) is 18.8 Å². The Hall–Kier alpha value is -0.610. The van der Waals surface area contributed by atoms with Crippen LogP contribution in [-0.4, -0.2) is 23.6 Å². The summed E-state index contributed by atoms with van der Waals surface area (Å²) >= 11 is 6.10. The van der Waals surface area contributed by atoms with Crippen LogP contribution in [0.5, 0.6) is 0 Å². The van der Waals surface area contributed by atoms with Gasteiger partial charge in [-0.3, -0.25) is 0 Å². The maximum absolute atomic E-state index is 9.27. The summed E-state index contributed by atoms with van der Waals surface area (Å²) in [5, 5.41) is 9.90. The highest BCUT2D eigenvalue weighted by Gasteiger charge is 2.42. The van der Waals surface area contributed by atoms with E-state index < -0.39 is 5.79 Å². The predicted octanol–water partition coefficient (Wildman–Crippen LogP) is 2.52. The highest BCUT2D eigenvalue weighted by atomic mass is 35.5. The van der Waals surface area contributed by atoms with Crippen molar-refractivity contribution in [2.75, 3.05) is 6.61 Å². The number of hydrogen-bond donors (Lipinski definition) is 1. The van der Waals surface area contributed by atoms with Crippen LogP contribution in [0, 0.1) is 0 Å². The molecule has 1 aliphatic rings. The van der Waals surface area contributed by atoms with Gasteiger partial charge in [-0.2, -0.15) is 0 Å². The third-order valence-corrected chi connectivity index (χ3v) is 2.92. The molecule has 16 heavy (non-hydrogen) atoms. The molecular formula is C12H15ClO3. The number of aliphatic hydroxyl groups excluding tert-OH is 1. The van der Waals surface area contributed by atoms with Gasteiger partial charge in [-0.1, -0.05) is 29.8 Å². The summed E-state index contributed by atoms with van der Waals surface area (Å²) in [6.07, 6.45) is -0.677. The van der Waals surface area contributed by atoms with E-state index in [4.69, 9.17) is 21.1 Å². The number of halogens is 1. The molecule has 1 fully saturated rings. The van der Waals surface area contributed by atoms with Crippen LogP contribution < -0.4 is 0 Å². The van der Waals surface area contributed by atoms with Crippen molar-refractivity contribution < 1.29 is 14.6 Å². The molecule has 1 aromatic carbocycles. The highest BCUT2D eigenvalue weighted by Crippen LogP contribution is 2.40. The molecule has 88 valence electrons. The van der Waals surface area contributed by atoms with Gasteiger partial charge in [0.15, 0.2) is 5.79 Å². The Bertz CT molecular complexity index is 378. The summed E-state index contributed by atoms with van der Waals surface area (Å²) in [7, 11) is 0. The van der Waals surface area contributed by atoms with Gasteiger partial charge in [0.1, 0.15) is 12.2 Å². The van der Waals surface area contributed by atoms with Crippen molar-refractivity contribution in [3.05, 3.63) is 34.9 Å². The van der Waals surface area contributed by atoms with Gasteiger partial charge in [-0.05, 0) is 19.9 Å². The van der Waals surface area contributed by atoms with Crippen LogP contribution in [0.15, 0.2) is 24.3 Å². The van der Waals surface area contributed by atoms with Crippen LogP contribution in [0.25, 0.3) is 0 Å². The number of aliphatic hydroxyl groups is 1. The summed E-state index contributed by atoms with van der Waals surface area (Å²) in [6, 6.07) is 7.45. The van der Waals surface area contributed by atoms with Gasteiger partial charge in [0.05, 0.1) is 6.61 Å². The summed E-state index contributed by atoms with van der Waals surface area (Å²) < 4.78 is 11.3. The van der Waals surface area contributed by atoms with Gasteiger partial charge in [0.25, 0.3) is 0 Å². The Labute approximate surface area is 99.9 Å². The van der Waals surface area contributed by atoms with Crippen molar-refractivity contribution in [3.8, 4) is 0 Å². The van der Waals surface area contributed by atoms with Crippen molar-refractivity contribution in [1.29, 1.82) is 0 Å². The minimum atomic E-state index is -0.683. The molecule has 2 rings (SSSR count). The molecule has 0 aliphatic carbocycles. The summed E-state index contributed by atoms with van der Waals surface area (Å²) in [5.74, 6) is -0.683. The molecule has 0 bridgehead atoms. The van der Waals surface area contributed by atoms with Crippen LogP contribution in [0.2, 0.25) is 5.02 Å². The molecule has 1 N–H and O–H groups in total. The van der Waals surface area contributed by atoms with Crippen LogP contribution in [0.4, 0.5) is 0 Å². The van der Waals surface area contributed by atoms with E-state index in [1.807, 2.05) is 32.0 Å². The Morgan fingerprint density at radius 2 is 2.00 bits per heavy atom. The van der Waals surface area contributed by atoms with Crippen molar-refractivity contribution in [2.24, 2.45) is 0 Å². The molecule has 0 amide bonds. The van der Waals surface area contributed by atoms with E-state index in [1.54, 1.807) is 6.07 Å². The van der Waals surface area contributed by atoms with Crippen molar-refractivity contribution in [1.82, 2.24) is 0 Å². The minimum absolute atomic E-state index is 0.0840. The molecule has 0 spiro atoms. The van der Waals surface area contributed by atoms with Crippen molar-refractivity contribution in [3.63, 3.8) is 0 Å². The second-order valence-corrected chi connectivity index (χ2v) is 4.71. The molecule has 2 atom stereocenters. The van der Waals surface area contributed by atoms with E-state index in [0.29, 0.717) is 5.02 Å². The average molecular weight is 243 g/mol. The normalized spacial score (nSPS) is 28.2. The maximum Gasteiger partial charge on any atom is 0.164 e. The van der Waals surface area contributed by atoms with E-state index in [9.17, 15) is 5.11 Å². The second kappa shape index (κ2) is 4.34. The van der Waals surface area contributed by atoms with Gasteiger partial charge in [-0.25, -0.2) is 0 Å². The second-order valence-electron chi connectivity index (χ2n) is 4.30. The maximum atomic E-state index is 9.27. The SMILES string of the molecule is CC1(C)O[C@H](c2ccccc2Cl)[C@@H](CO)O1. The average Bonchev–Trinajstić information content (AvgIpc) is 2.54. The lowest BCUT2D eigenvalue weighted by Gasteiger charge is -2.17. The van der Waals surface area contributed by atoms with Gasteiger partial charge in [0, 0.05) is 10.6 Å². The summed E-state index contributed by atoms with van der Waals surface area (Å²) in [4.78, 5) is 0. The van der Waals surface area contributed by atoms with E-state index in [2.05, 4.69) is 0 Å². The monoisotopic (exact) mass is 242 g/mol. The molecule has 1 aliphatic heterocycles. The van der Waals surface area contributed by atoms with Crippen LogP contribution >= 0.6 is 11.6 Å². The largest absolute Gasteiger partial charge is 0.394 e. The van der Waals surface area contributed by atoms with Crippen LogP contribution in [-0.2, 0) is 9.47 Å². The lowest BCUT2D eigenvalue weighted by molar-refractivity contribution is -0.149. The highest BCUT2D eigenvalue weighted by molar-refractivity contribution is 6.31. The zero-order valence-corrected chi connectivity index (χ0v) is 10.1. The number of hydrogen-bond acceptors (Lipinski definition) is 3. The Kier molecular flexibility index (Phi) is 3.22. The zero-order valence-electron chi connectivity index (χ0n) is 9.31. The first kappa shape index (κ1) is 11.9. The van der Waals surface area contributed by atoms with Crippen molar-refractivity contribution in [2.45, 2.75) is 31.8 Å². The number of rotatable bonds is 2. The van der Waals surface area contributed by atoms with Crippen LogP contribution in [0.1, 0.15) is 25.5 Å². The molecule has 0 saturated carbocycles. The molecule has 0 aromatic heterocycles. The first-order valence-electron chi connectivity index (χ1n) is 5.24. The predicted molar refractivity (Wildman–Crippen MR) is 61.3 cm³/mol. The summed E-state index contributed by atoms with van der Waals surface area (Å²) in [6.45, 7) is 3.57. The quantitative estimate of drug-likeness (QED) is 0.866. The molecule has 3 nitrogen and oxygen atoms in total. The van der Waals surface area contributed by atoms with Gasteiger partial charge in [0.2, 0.25) is 0 Å². The fraction of sp³-hybridized carbons (Fsp3) is 0.500. The Balaban J connectivity index is 2.30. The molecule has 1 heterocycles. The zero-order chi connectivity index (χ0) is 11.8. The smallest absolute Gasteiger partial charge is 0.164 e. The molecule has 1 aromatic rings. The fourth-order valence-electron chi connectivity index (χ4n) is 1.94. The molecule has 0 radical (unpaired) electrons. The first-order chi connectivity index (χ1) is 7.53. The van der Waals surface area contributed by atoms with Gasteiger partial charge < -0.3 is 14.6 Å². The lowest BCUT2D eigenvalue weighted by Crippen LogP contribution is -2.23. The Morgan fingerprint density at radius 1 is 1.31 bits per heavy atom. The van der Waals surface area contributed by atoms with E-state index >= 15 is 0 Å². The summed E-state index contributed by atoms with van der Waals surface area (Å²) in [5.41, 5.74) is 0.855. The van der Waals surface area contributed by atoms with Crippen LogP contribution in [0.3, 0.4) is 0 Å². The number of ether oxygens (including phenoxy) is 2. The van der Waals surface area contributed by atoms with Gasteiger partial charge >= 0.3 is 0 Å². The van der Waals surface area contributed by atoms with Gasteiger partial charge in [-0.15, -0.1) is 0 Å². The first-order valence-corrected chi connectivity index (χ1v) is 5.62. The molecule has 1 saturated heterocycles. The topological polar surface area (TPSA) is 38.7 Å². The van der Waals surface area contributed by atoms with E-state index in [1.165, 1.54) is 0 Å². The minimum Gasteiger partial charge on any atom is -0.394 e. The molecule has 4 heteroatoms. The lowest BCUT2D eigenvalue weighted by atomic mass is 10.1. The number of benzene rings is 1. The third kappa shape index (κ3) is 2.23. The fourth-order valence-corrected chi connectivity index (χ4v) is 2.18. The van der Waals surface area contributed by atoms with Crippen molar-refractivity contribution >= 4 is 11.6 Å². The third-order valence-electron chi connectivity index (χ3n) is 2.58. The van der Waals surface area contributed by atoms with E-state index in [0.717, 1.165) is 5.56 Å². The molecular weight excluding hydrogens is 228 g/mol. The molecule has 0 unspecified atom stereocenters.